The second kappa shape index (κ2) is 17.7. The lowest BCUT2D eigenvalue weighted by Gasteiger charge is -2.37. The molecule has 44 heavy (non-hydrogen) atoms. The van der Waals surface area contributed by atoms with Gasteiger partial charge < -0.3 is 19.7 Å². The van der Waals surface area contributed by atoms with Crippen LogP contribution in [-0.4, -0.2) is 71.2 Å². The van der Waals surface area contributed by atoms with E-state index >= 15 is 0 Å². The number of amides is 3. The highest BCUT2D eigenvalue weighted by molar-refractivity contribution is 6.14. The molecule has 1 aromatic rings. The lowest BCUT2D eigenvalue weighted by atomic mass is 9.70. The predicted molar refractivity (Wildman–Crippen MR) is 170 cm³/mol. The van der Waals surface area contributed by atoms with Crippen molar-refractivity contribution in [3.8, 4) is 11.5 Å². The number of ether oxygens (including phenoxy) is 2. The van der Waals surface area contributed by atoms with Crippen LogP contribution in [0.5, 0.6) is 11.5 Å². The number of nitrogens with zero attached hydrogens (tertiary/aromatic N) is 2. The van der Waals surface area contributed by atoms with Gasteiger partial charge in [0, 0.05) is 13.1 Å². The van der Waals surface area contributed by atoms with Crippen LogP contribution in [0.15, 0.2) is 23.9 Å². The molecule has 0 spiro atoms. The fourth-order valence-electron chi connectivity index (χ4n) is 6.14. The van der Waals surface area contributed by atoms with Gasteiger partial charge in [-0.05, 0) is 48.4 Å². The van der Waals surface area contributed by atoms with E-state index in [1.54, 1.807) is 18.2 Å². The molecule has 0 radical (unpaired) electrons. The van der Waals surface area contributed by atoms with Crippen molar-refractivity contribution in [2.75, 3.05) is 27.3 Å². The summed E-state index contributed by atoms with van der Waals surface area (Å²) in [6.07, 6.45) is 9.18. The molecule has 10 nitrogen and oxygen atoms in total. The number of rotatable bonds is 21. The van der Waals surface area contributed by atoms with Crippen molar-refractivity contribution >= 4 is 30.0 Å². The number of aliphatic carboxylic acids is 2. The van der Waals surface area contributed by atoms with Gasteiger partial charge in [0.05, 0.1) is 26.1 Å². The average molecular weight is 617 g/mol. The molecule has 1 fully saturated rings. The summed E-state index contributed by atoms with van der Waals surface area (Å²) in [5, 5.41) is 20.2. The lowest BCUT2D eigenvalue weighted by molar-refractivity contribution is -0.153. The van der Waals surface area contributed by atoms with E-state index in [0.717, 1.165) is 61.2 Å². The number of benzene rings is 1. The summed E-state index contributed by atoms with van der Waals surface area (Å²) < 4.78 is 10.7. The molecule has 2 unspecified atom stereocenters. The van der Waals surface area contributed by atoms with Gasteiger partial charge in [-0.25, -0.2) is 4.79 Å². The summed E-state index contributed by atoms with van der Waals surface area (Å²) in [6.45, 7) is 7.84. The number of carboxylic acids is 2. The first-order chi connectivity index (χ1) is 21.0. The molecule has 2 atom stereocenters. The van der Waals surface area contributed by atoms with Gasteiger partial charge in [0.2, 0.25) is 0 Å². The zero-order valence-electron chi connectivity index (χ0n) is 27.4. The van der Waals surface area contributed by atoms with Crippen LogP contribution in [0.3, 0.4) is 0 Å². The molecule has 1 aliphatic rings. The van der Waals surface area contributed by atoms with Crippen molar-refractivity contribution in [2.24, 2.45) is 17.3 Å². The minimum Gasteiger partial charge on any atom is -0.493 e. The Bertz CT molecular complexity index is 1150. The van der Waals surface area contributed by atoms with Crippen LogP contribution >= 0.6 is 0 Å². The zero-order chi connectivity index (χ0) is 32.9. The quantitative estimate of drug-likeness (QED) is 0.111. The Labute approximate surface area is 262 Å². The smallest absolute Gasteiger partial charge is 0.331 e. The molecule has 0 bridgehead atoms. The number of hydrogen-bond acceptors (Lipinski definition) is 6. The number of carboxylic acid groups (broad SMARTS) is 2. The zero-order valence-corrected chi connectivity index (χ0v) is 27.4. The van der Waals surface area contributed by atoms with Gasteiger partial charge >= 0.3 is 18.0 Å². The summed E-state index contributed by atoms with van der Waals surface area (Å²) in [6, 6.07) is 4.33. The highest BCUT2D eigenvalue weighted by Gasteiger charge is 2.49. The molecule has 1 aromatic carbocycles. The molecule has 1 aliphatic heterocycles. The Morgan fingerprint density at radius 2 is 1.45 bits per heavy atom. The van der Waals surface area contributed by atoms with E-state index in [2.05, 4.69) is 27.7 Å². The van der Waals surface area contributed by atoms with E-state index in [1.165, 1.54) is 20.3 Å². The van der Waals surface area contributed by atoms with Crippen molar-refractivity contribution in [1.29, 1.82) is 0 Å². The first-order valence-corrected chi connectivity index (χ1v) is 16.0. The van der Waals surface area contributed by atoms with Gasteiger partial charge in [0.25, 0.3) is 5.91 Å². The Kier molecular flexibility index (Phi) is 14.7. The monoisotopic (exact) mass is 616 g/mol. The van der Waals surface area contributed by atoms with Crippen LogP contribution < -0.4 is 9.47 Å². The predicted octanol–water partition coefficient (Wildman–Crippen LogP) is 7.07. The third kappa shape index (κ3) is 9.47. The standard InChI is InChI=1S/C34H52N2O8/c1-7-11-13-24(9-3)21-34(32(40)41,22-25(10-4)14-12-8-2)23-36-31(39)27(35(33(36)42)18-17-30(37)38)19-26-15-16-28(43-5)29(20-26)44-6/h15-16,19-20,24-25H,7-14,17-18,21-23H2,1-6H3,(H,37,38)(H,40,41). The van der Waals surface area contributed by atoms with Gasteiger partial charge in [0.1, 0.15) is 5.70 Å². The number of urea groups is 1. The first kappa shape index (κ1) is 36.6. The fourth-order valence-corrected chi connectivity index (χ4v) is 6.14. The summed E-state index contributed by atoms with van der Waals surface area (Å²) in [5.74, 6) is -1.58. The minimum atomic E-state index is -1.33. The van der Waals surface area contributed by atoms with Gasteiger partial charge in [-0.1, -0.05) is 85.1 Å². The number of unbranched alkanes of at least 4 members (excludes halogenated alkanes) is 2. The average Bonchev–Trinajstić information content (AvgIpc) is 3.22. The molecule has 2 rings (SSSR count). The van der Waals surface area contributed by atoms with Gasteiger partial charge in [-0.2, -0.15) is 0 Å². The van der Waals surface area contributed by atoms with Crippen LogP contribution in [0.25, 0.3) is 6.08 Å². The van der Waals surface area contributed by atoms with Crippen molar-refractivity contribution in [1.82, 2.24) is 9.80 Å². The molecule has 0 saturated carbocycles. The van der Waals surface area contributed by atoms with E-state index in [0.29, 0.717) is 29.9 Å². The summed E-state index contributed by atoms with van der Waals surface area (Å²) >= 11 is 0. The van der Waals surface area contributed by atoms with Gasteiger partial charge in [-0.3, -0.25) is 24.2 Å². The van der Waals surface area contributed by atoms with Crippen LogP contribution in [0.1, 0.15) is 104 Å². The number of carbonyl (C=O) groups is 4. The van der Waals surface area contributed by atoms with Crippen LogP contribution in [-0.2, 0) is 14.4 Å². The van der Waals surface area contributed by atoms with Gasteiger partial charge in [0.15, 0.2) is 11.5 Å². The number of hydrogen-bond donors (Lipinski definition) is 2. The maximum absolute atomic E-state index is 14.0. The van der Waals surface area contributed by atoms with E-state index in [-0.39, 0.29) is 37.0 Å². The third-order valence-electron chi connectivity index (χ3n) is 8.84. The Balaban J connectivity index is 2.61. The van der Waals surface area contributed by atoms with Crippen LogP contribution in [0.2, 0.25) is 0 Å². The lowest BCUT2D eigenvalue weighted by Crippen LogP contribution is -2.48. The molecule has 1 heterocycles. The molecule has 0 aromatic heterocycles. The number of methoxy groups -OCH3 is 2. The Morgan fingerprint density at radius 1 is 0.886 bits per heavy atom. The van der Waals surface area contributed by atoms with Crippen molar-refractivity contribution in [2.45, 2.75) is 98.3 Å². The Morgan fingerprint density at radius 3 is 1.91 bits per heavy atom. The summed E-state index contributed by atoms with van der Waals surface area (Å²) in [4.78, 5) is 54.8. The van der Waals surface area contributed by atoms with Crippen molar-refractivity contribution < 1.29 is 38.9 Å². The maximum atomic E-state index is 14.0. The van der Waals surface area contributed by atoms with Crippen LogP contribution in [0, 0.1) is 17.3 Å². The van der Waals surface area contributed by atoms with E-state index in [9.17, 15) is 29.4 Å². The van der Waals surface area contributed by atoms with Crippen LogP contribution in [0.4, 0.5) is 4.79 Å². The number of imide groups is 1. The van der Waals surface area contributed by atoms with Gasteiger partial charge in [-0.15, -0.1) is 0 Å². The highest BCUT2D eigenvalue weighted by Crippen LogP contribution is 2.42. The second-order valence-electron chi connectivity index (χ2n) is 11.9. The molecular weight excluding hydrogens is 564 g/mol. The van der Waals surface area contributed by atoms with E-state index in [4.69, 9.17) is 9.47 Å². The molecular formula is C34H52N2O8. The molecule has 3 amide bonds. The largest absolute Gasteiger partial charge is 0.493 e. The fraction of sp³-hybridized carbons (Fsp3) is 0.647. The second-order valence-corrected chi connectivity index (χ2v) is 11.9. The molecule has 10 heteroatoms. The van der Waals surface area contributed by atoms with E-state index in [1.807, 2.05) is 0 Å². The topological polar surface area (TPSA) is 134 Å². The Hall–Kier alpha value is -3.56. The van der Waals surface area contributed by atoms with E-state index < -0.39 is 29.3 Å². The highest BCUT2D eigenvalue weighted by atomic mass is 16.5. The number of carbonyl (C=O) groups excluding carboxylic acids is 2. The summed E-state index contributed by atoms with van der Waals surface area (Å²) in [7, 11) is 2.99. The summed E-state index contributed by atoms with van der Waals surface area (Å²) in [5.41, 5.74) is -0.786. The normalized spacial score (nSPS) is 17.1. The maximum Gasteiger partial charge on any atom is 0.331 e. The van der Waals surface area contributed by atoms with Crippen molar-refractivity contribution in [3.05, 3.63) is 29.5 Å². The molecule has 1 saturated heterocycles. The van der Waals surface area contributed by atoms with Crippen molar-refractivity contribution in [3.63, 3.8) is 0 Å². The SMILES string of the molecule is CCCCC(CC)CC(CC(CC)CCCC)(CN1C(=O)C(=Cc2ccc(OC)c(OC)c2)N(CCC(=O)O)C1=O)C(=O)O. The molecule has 2 N–H and O–H groups in total. The third-order valence-corrected chi connectivity index (χ3v) is 8.84. The molecule has 0 aliphatic carbocycles. The first-order valence-electron chi connectivity index (χ1n) is 16.0. The molecule has 246 valence electrons. The minimum absolute atomic E-state index is 0.00110.